The van der Waals surface area contributed by atoms with E-state index >= 15 is 0 Å². The minimum absolute atomic E-state index is 0.173. The fraction of sp³-hybridized carbons (Fsp3) is 0.417. The molecule has 106 valence electrons. The Bertz CT molecular complexity index is 571. The molecule has 1 aromatic rings. The second-order valence-electron chi connectivity index (χ2n) is 3.98. The Hall–Kier alpha value is -1.47. The van der Waals surface area contributed by atoms with Gasteiger partial charge in [-0.05, 0) is 31.5 Å². The van der Waals surface area contributed by atoms with E-state index < -0.39 is 28.4 Å². The lowest BCUT2D eigenvalue weighted by atomic mass is 10.2. The van der Waals surface area contributed by atoms with Gasteiger partial charge in [-0.25, -0.2) is 12.8 Å². The topological polar surface area (TPSA) is 63.7 Å². The van der Waals surface area contributed by atoms with Crippen LogP contribution in [0.3, 0.4) is 0 Å². The van der Waals surface area contributed by atoms with Crippen molar-refractivity contribution in [2.75, 3.05) is 20.2 Å². The number of esters is 1. The number of benzene rings is 1. The van der Waals surface area contributed by atoms with E-state index in [0.717, 1.165) is 10.4 Å². The standard InChI is InChI=1S/C12H16FNO4S/c1-4-18-12(15)8-14(3)19(16,17)10-6-5-9(2)11(13)7-10/h5-7H,4,8H2,1-3H3. The summed E-state index contributed by atoms with van der Waals surface area (Å²) in [5.74, 6) is -1.26. The van der Waals surface area contributed by atoms with Gasteiger partial charge in [-0.2, -0.15) is 4.31 Å². The Balaban J connectivity index is 2.96. The van der Waals surface area contributed by atoms with Crippen LogP contribution >= 0.6 is 0 Å². The van der Waals surface area contributed by atoms with Gasteiger partial charge >= 0.3 is 5.97 Å². The first-order chi connectivity index (χ1) is 8.78. The van der Waals surface area contributed by atoms with E-state index in [-0.39, 0.29) is 11.5 Å². The van der Waals surface area contributed by atoms with Crippen LogP contribution in [-0.4, -0.2) is 38.9 Å². The molecule has 0 aliphatic heterocycles. The van der Waals surface area contributed by atoms with Crippen molar-refractivity contribution in [3.05, 3.63) is 29.6 Å². The van der Waals surface area contributed by atoms with Gasteiger partial charge in [0.15, 0.2) is 0 Å². The summed E-state index contributed by atoms with van der Waals surface area (Å²) in [5.41, 5.74) is 0.354. The zero-order valence-electron chi connectivity index (χ0n) is 11.0. The quantitative estimate of drug-likeness (QED) is 0.767. The number of hydrogen-bond donors (Lipinski definition) is 0. The third-order valence-corrected chi connectivity index (χ3v) is 4.31. The van der Waals surface area contributed by atoms with E-state index in [1.807, 2.05) is 0 Å². The highest BCUT2D eigenvalue weighted by Gasteiger charge is 2.24. The van der Waals surface area contributed by atoms with Crippen LogP contribution in [0.4, 0.5) is 4.39 Å². The normalized spacial score (nSPS) is 11.6. The van der Waals surface area contributed by atoms with Gasteiger partial charge in [-0.3, -0.25) is 4.79 Å². The van der Waals surface area contributed by atoms with Crippen LogP contribution in [0, 0.1) is 12.7 Å². The molecular weight excluding hydrogens is 273 g/mol. The predicted molar refractivity (Wildman–Crippen MR) is 67.6 cm³/mol. The van der Waals surface area contributed by atoms with Gasteiger partial charge in [-0.15, -0.1) is 0 Å². The smallest absolute Gasteiger partial charge is 0.321 e. The average Bonchev–Trinajstić information content (AvgIpc) is 2.32. The highest BCUT2D eigenvalue weighted by atomic mass is 32.2. The summed E-state index contributed by atoms with van der Waals surface area (Å²) in [6, 6.07) is 3.61. The largest absolute Gasteiger partial charge is 0.465 e. The van der Waals surface area contributed by atoms with E-state index in [0.29, 0.717) is 5.56 Å². The SMILES string of the molecule is CCOC(=O)CN(C)S(=O)(=O)c1ccc(C)c(F)c1. The molecule has 7 heteroatoms. The van der Waals surface area contributed by atoms with E-state index in [4.69, 9.17) is 0 Å². The lowest BCUT2D eigenvalue weighted by molar-refractivity contribution is -0.143. The van der Waals surface area contributed by atoms with E-state index in [9.17, 15) is 17.6 Å². The Morgan fingerprint density at radius 1 is 1.42 bits per heavy atom. The van der Waals surface area contributed by atoms with Gasteiger partial charge in [0.1, 0.15) is 12.4 Å². The van der Waals surface area contributed by atoms with Crippen molar-refractivity contribution in [1.29, 1.82) is 0 Å². The maximum atomic E-state index is 13.4. The molecule has 0 fully saturated rings. The monoisotopic (exact) mass is 289 g/mol. The number of nitrogens with zero attached hydrogens (tertiary/aromatic N) is 1. The van der Waals surface area contributed by atoms with Crippen molar-refractivity contribution >= 4 is 16.0 Å². The number of hydrogen-bond acceptors (Lipinski definition) is 4. The summed E-state index contributed by atoms with van der Waals surface area (Å²) in [4.78, 5) is 11.1. The van der Waals surface area contributed by atoms with Crippen LogP contribution in [0.25, 0.3) is 0 Å². The van der Waals surface area contributed by atoms with Gasteiger partial charge in [0.2, 0.25) is 10.0 Å². The first kappa shape index (κ1) is 15.6. The number of carbonyl (C=O) groups excluding carboxylic acids is 1. The number of aryl methyl sites for hydroxylation is 1. The summed E-state index contributed by atoms with van der Waals surface area (Å²) >= 11 is 0. The van der Waals surface area contributed by atoms with Gasteiger partial charge in [0.05, 0.1) is 11.5 Å². The van der Waals surface area contributed by atoms with E-state index in [1.54, 1.807) is 6.92 Å². The van der Waals surface area contributed by atoms with E-state index in [2.05, 4.69) is 4.74 Å². The molecule has 0 saturated carbocycles. The molecule has 0 N–H and O–H groups in total. The lowest BCUT2D eigenvalue weighted by Crippen LogP contribution is -2.33. The number of ether oxygens (including phenoxy) is 1. The molecule has 5 nitrogen and oxygen atoms in total. The molecular formula is C12H16FNO4S. The molecule has 0 aliphatic rings. The predicted octanol–water partition coefficient (Wildman–Crippen LogP) is 1.32. The second-order valence-corrected chi connectivity index (χ2v) is 6.02. The summed E-state index contributed by atoms with van der Waals surface area (Å²) in [6.07, 6.45) is 0. The van der Waals surface area contributed by atoms with Crippen LogP contribution < -0.4 is 0 Å². The molecule has 0 spiro atoms. The molecule has 0 saturated heterocycles. The zero-order valence-corrected chi connectivity index (χ0v) is 11.8. The van der Waals surface area contributed by atoms with Gasteiger partial charge in [0, 0.05) is 7.05 Å². The summed E-state index contributed by atoms with van der Waals surface area (Å²) in [6.45, 7) is 2.92. The van der Waals surface area contributed by atoms with Crippen LogP contribution in [0.2, 0.25) is 0 Å². The molecule has 19 heavy (non-hydrogen) atoms. The molecule has 1 rings (SSSR count). The molecule has 0 aromatic heterocycles. The van der Waals surface area contributed by atoms with Gasteiger partial charge < -0.3 is 4.74 Å². The molecule has 0 unspecified atom stereocenters. The molecule has 1 aromatic carbocycles. The number of likely N-dealkylation sites (N-methyl/N-ethyl adjacent to an activating group) is 1. The fourth-order valence-electron chi connectivity index (χ4n) is 1.39. The third-order valence-electron chi connectivity index (χ3n) is 2.51. The minimum Gasteiger partial charge on any atom is -0.465 e. The van der Waals surface area contributed by atoms with Crippen LogP contribution in [-0.2, 0) is 19.6 Å². The Morgan fingerprint density at radius 2 is 2.05 bits per heavy atom. The maximum Gasteiger partial charge on any atom is 0.321 e. The second kappa shape index (κ2) is 6.12. The van der Waals surface area contributed by atoms with Crippen molar-refractivity contribution < 1.29 is 22.3 Å². The minimum atomic E-state index is -3.90. The number of sulfonamides is 1. The van der Waals surface area contributed by atoms with Crippen molar-refractivity contribution in [3.8, 4) is 0 Å². The summed E-state index contributed by atoms with van der Waals surface area (Å²) < 4.78 is 43.1. The lowest BCUT2D eigenvalue weighted by Gasteiger charge is -2.16. The van der Waals surface area contributed by atoms with Crippen LogP contribution in [0.15, 0.2) is 23.1 Å². The van der Waals surface area contributed by atoms with Crippen molar-refractivity contribution in [1.82, 2.24) is 4.31 Å². The summed E-state index contributed by atoms with van der Waals surface area (Å²) in [5, 5.41) is 0. The van der Waals surface area contributed by atoms with E-state index in [1.165, 1.54) is 26.1 Å². The number of carbonyl (C=O) groups is 1. The molecule has 0 atom stereocenters. The third kappa shape index (κ3) is 3.74. The summed E-state index contributed by atoms with van der Waals surface area (Å²) in [7, 11) is -2.66. The first-order valence-corrected chi connectivity index (χ1v) is 7.11. The van der Waals surface area contributed by atoms with Crippen molar-refractivity contribution in [2.45, 2.75) is 18.7 Å². The fourth-order valence-corrected chi connectivity index (χ4v) is 2.52. The highest BCUT2D eigenvalue weighted by Crippen LogP contribution is 2.17. The Kier molecular flexibility index (Phi) is 5.02. The van der Waals surface area contributed by atoms with Crippen molar-refractivity contribution in [2.24, 2.45) is 0 Å². The Labute approximate surface area is 112 Å². The van der Waals surface area contributed by atoms with Gasteiger partial charge in [-0.1, -0.05) is 6.07 Å². The molecule has 0 aliphatic carbocycles. The van der Waals surface area contributed by atoms with Crippen molar-refractivity contribution in [3.63, 3.8) is 0 Å². The van der Waals surface area contributed by atoms with Crippen LogP contribution in [0.1, 0.15) is 12.5 Å². The number of rotatable bonds is 5. The molecule has 0 amide bonds. The first-order valence-electron chi connectivity index (χ1n) is 5.67. The maximum absolute atomic E-state index is 13.4. The molecule has 0 heterocycles. The average molecular weight is 289 g/mol. The molecule has 0 bridgehead atoms. The van der Waals surface area contributed by atoms with Crippen LogP contribution in [0.5, 0.6) is 0 Å². The zero-order chi connectivity index (χ0) is 14.6. The number of halogens is 1. The highest BCUT2D eigenvalue weighted by molar-refractivity contribution is 7.89. The Morgan fingerprint density at radius 3 is 2.58 bits per heavy atom. The van der Waals surface area contributed by atoms with Gasteiger partial charge in [0.25, 0.3) is 0 Å². The molecule has 0 radical (unpaired) electrons.